The number of allylic oxidation sites excluding steroid dienone is 1. The Bertz CT molecular complexity index is 187. The molecular formula is C11H18O3. The highest BCUT2D eigenvalue weighted by Gasteiger charge is 2.01. The number of carbonyl (C=O) groups excluding carboxylic acids is 1. The van der Waals surface area contributed by atoms with Crippen LogP contribution in [0.2, 0.25) is 0 Å². The minimum absolute atomic E-state index is 0.0493. The van der Waals surface area contributed by atoms with E-state index >= 15 is 0 Å². The number of carbonyl (C=O) groups is 1. The number of ether oxygens (including phenoxy) is 2. The molecule has 80 valence electrons. The van der Waals surface area contributed by atoms with Crippen LogP contribution in [-0.4, -0.2) is 25.3 Å². The molecule has 0 saturated heterocycles. The first-order valence-electron chi connectivity index (χ1n) is 4.70. The highest BCUT2D eigenvalue weighted by Crippen LogP contribution is 1.98. The second kappa shape index (κ2) is 8.66. The predicted octanol–water partition coefficient (Wildman–Crippen LogP) is 2.09. The van der Waals surface area contributed by atoms with E-state index in [4.69, 9.17) is 9.47 Å². The van der Waals surface area contributed by atoms with Crippen LogP contribution in [-0.2, 0) is 14.3 Å². The van der Waals surface area contributed by atoms with E-state index in [2.05, 4.69) is 13.2 Å². The van der Waals surface area contributed by atoms with E-state index in [-0.39, 0.29) is 12.1 Å². The van der Waals surface area contributed by atoms with Gasteiger partial charge in [-0.3, -0.25) is 4.79 Å². The lowest BCUT2D eigenvalue weighted by atomic mass is 10.2. The molecule has 0 aliphatic carbocycles. The fraction of sp³-hybridized carbons (Fsp3) is 0.545. The van der Waals surface area contributed by atoms with Gasteiger partial charge in [-0.2, -0.15) is 0 Å². The quantitative estimate of drug-likeness (QED) is 0.246. The number of hydrogen-bond acceptors (Lipinski definition) is 3. The molecule has 0 aliphatic heterocycles. The van der Waals surface area contributed by atoms with Gasteiger partial charge >= 0.3 is 0 Å². The first kappa shape index (κ1) is 13.1. The van der Waals surface area contributed by atoms with Crippen molar-refractivity contribution in [3.05, 3.63) is 25.3 Å². The van der Waals surface area contributed by atoms with Crippen molar-refractivity contribution < 1.29 is 14.3 Å². The van der Waals surface area contributed by atoms with E-state index in [0.717, 1.165) is 0 Å². The van der Waals surface area contributed by atoms with E-state index < -0.39 is 0 Å². The summed E-state index contributed by atoms with van der Waals surface area (Å²) in [5.41, 5.74) is 0. The van der Waals surface area contributed by atoms with Gasteiger partial charge < -0.3 is 9.47 Å². The summed E-state index contributed by atoms with van der Waals surface area (Å²) in [6.07, 6.45) is 3.94. The van der Waals surface area contributed by atoms with Gasteiger partial charge in [-0.05, 0) is 19.4 Å². The van der Waals surface area contributed by atoms with Crippen LogP contribution in [0.25, 0.3) is 0 Å². The Morgan fingerprint density at radius 1 is 1.43 bits per heavy atom. The minimum Gasteiger partial charge on any atom is -0.353 e. The van der Waals surface area contributed by atoms with Crippen molar-refractivity contribution in [2.75, 3.05) is 13.2 Å². The third-order valence-electron chi connectivity index (χ3n) is 1.60. The molecule has 0 fully saturated rings. The molecule has 0 aromatic rings. The van der Waals surface area contributed by atoms with Gasteiger partial charge in [-0.25, -0.2) is 0 Å². The Labute approximate surface area is 85.4 Å². The van der Waals surface area contributed by atoms with E-state index in [1.165, 1.54) is 6.08 Å². The Morgan fingerprint density at radius 2 is 2.14 bits per heavy atom. The number of rotatable bonds is 9. The summed E-state index contributed by atoms with van der Waals surface area (Å²) in [4.78, 5) is 10.8. The average molecular weight is 198 g/mol. The molecule has 1 unspecified atom stereocenters. The lowest BCUT2D eigenvalue weighted by Crippen LogP contribution is -2.14. The van der Waals surface area contributed by atoms with Crippen molar-refractivity contribution in [1.82, 2.24) is 0 Å². The van der Waals surface area contributed by atoms with Gasteiger partial charge in [0, 0.05) is 6.42 Å². The molecule has 0 aromatic heterocycles. The second-order valence-corrected chi connectivity index (χ2v) is 2.83. The molecule has 0 amide bonds. The molecule has 3 heteroatoms. The molecule has 0 saturated carbocycles. The zero-order chi connectivity index (χ0) is 10.8. The summed E-state index contributed by atoms with van der Waals surface area (Å²) in [7, 11) is 0. The van der Waals surface area contributed by atoms with Crippen molar-refractivity contribution in [2.24, 2.45) is 0 Å². The van der Waals surface area contributed by atoms with Crippen LogP contribution in [0, 0.1) is 0 Å². The van der Waals surface area contributed by atoms with Gasteiger partial charge in [0.25, 0.3) is 0 Å². The monoisotopic (exact) mass is 198 g/mol. The van der Waals surface area contributed by atoms with Crippen LogP contribution >= 0.6 is 0 Å². The van der Waals surface area contributed by atoms with E-state index in [9.17, 15) is 4.79 Å². The van der Waals surface area contributed by atoms with E-state index in [1.807, 2.05) is 6.92 Å². The molecule has 0 radical (unpaired) electrons. The Morgan fingerprint density at radius 3 is 2.71 bits per heavy atom. The topological polar surface area (TPSA) is 35.5 Å². The highest BCUT2D eigenvalue weighted by molar-refractivity contribution is 5.88. The Hall–Kier alpha value is -0.930. The largest absolute Gasteiger partial charge is 0.353 e. The molecule has 0 rings (SSSR count). The molecule has 3 nitrogen and oxygen atoms in total. The molecule has 0 N–H and O–H groups in total. The molecule has 0 spiro atoms. The van der Waals surface area contributed by atoms with Crippen LogP contribution < -0.4 is 0 Å². The third-order valence-corrected chi connectivity index (χ3v) is 1.60. The van der Waals surface area contributed by atoms with Crippen LogP contribution in [0.4, 0.5) is 0 Å². The fourth-order valence-corrected chi connectivity index (χ4v) is 0.849. The lowest BCUT2D eigenvalue weighted by molar-refractivity contribution is -0.126. The Kier molecular flexibility index (Phi) is 8.08. The molecule has 1 atom stereocenters. The molecular weight excluding hydrogens is 180 g/mol. The van der Waals surface area contributed by atoms with Crippen LogP contribution in [0.15, 0.2) is 25.3 Å². The maximum absolute atomic E-state index is 10.8. The molecule has 0 heterocycles. The summed E-state index contributed by atoms with van der Waals surface area (Å²) < 4.78 is 10.5. The van der Waals surface area contributed by atoms with E-state index in [0.29, 0.717) is 26.1 Å². The molecule has 0 aromatic carbocycles. The standard InChI is InChI=1S/C11H18O3/c1-4-8-13-10(3)14-9-6-7-11(12)5-2/h4-5,10H,1-2,6-9H2,3H3. The fourth-order valence-electron chi connectivity index (χ4n) is 0.849. The van der Waals surface area contributed by atoms with Crippen LogP contribution in [0.1, 0.15) is 19.8 Å². The van der Waals surface area contributed by atoms with Crippen LogP contribution in [0.5, 0.6) is 0 Å². The second-order valence-electron chi connectivity index (χ2n) is 2.83. The van der Waals surface area contributed by atoms with E-state index in [1.54, 1.807) is 6.08 Å². The third kappa shape index (κ3) is 7.71. The molecule has 14 heavy (non-hydrogen) atoms. The van der Waals surface area contributed by atoms with Crippen molar-refractivity contribution in [1.29, 1.82) is 0 Å². The average Bonchev–Trinajstić information content (AvgIpc) is 2.21. The minimum atomic E-state index is -0.244. The van der Waals surface area contributed by atoms with Gasteiger partial charge in [0.15, 0.2) is 12.1 Å². The van der Waals surface area contributed by atoms with Crippen molar-refractivity contribution in [3.63, 3.8) is 0 Å². The first-order valence-corrected chi connectivity index (χ1v) is 4.70. The van der Waals surface area contributed by atoms with Gasteiger partial charge in [-0.1, -0.05) is 12.7 Å². The first-order chi connectivity index (χ1) is 6.70. The maximum atomic E-state index is 10.8. The van der Waals surface area contributed by atoms with Gasteiger partial charge in [0.1, 0.15) is 0 Å². The summed E-state index contributed by atoms with van der Waals surface area (Å²) in [5.74, 6) is 0.0493. The normalized spacial score (nSPS) is 12.1. The smallest absolute Gasteiger partial charge is 0.155 e. The van der Waals surface area contributed by atoms with Gasteiger partial charge in [0.2, 0.25) is 0 Å². The SMILES string of the molecule is C=CCOC(C)OCCCC(=O)C=C. The van der Waals surface area contributed by atoms with Gasteiger partial charge in [-0.15, -0.1) is 6.58 Å². The van der Waals surface area contributed by atoms with Crippen molar-refractivity contribution in [3.8, 4) is 0 Å². The molecule has 0 bridgehead atoms. The number of ketones is 1. The van der Waals surface area contributed by atoms with Gasteiger partial charge in [0.05, 0.1) is 13.2 Å². The maximum Gasteiger partial charge on any atom is 0.155 e. The summed E-state index contributed by atoms with van der Waals surface area (Å²) in [5, 5.41) is 0. The summed E-state index contributed by atoms with van der Waals surface area (Å²) in [6, 6.07) is 0. The Balaban J connectivity index is 3.30. The summed E-state index contributed by atoms with van der Waals surface area (Å²) >= 11 is 0. The number of hydrogen-bond donors (Lipinski definition) is 0. The highest BCUT2D eigenvalue weighted by atomic mass is 16.7. The predicted molar refractivity (Wildman–Crippen MR) is 56.0 cm³/mol. The molecule has 0 aliphatic rings. The zero-order valence-corrected chi connectivity index (χ0v) is 8.70. The van der Waals surface area contributed by atoms with Crippen LogP contribution in [0.3, 0.4) is 0 Å². The summed E-state index contributed by atoms with van der Waals surface area (Å²) in [6.45, 7) is 9.74. The lowest BCUT2D eigenvalue weighted by Gasteiger charge is -2.12. The zero-order valence-electron chi connectivity index (χ0n) is 8.70. The van der Waals surface area contributed by atoms with Crippen molar-refractivity contribution >= 4 is 5.78 Å². The van der Waals surface area contributed by atoms with Crippen molar-refractivity contribution in [2.45, 2.75) is 26.1 Å².